The number of carbonyl (C=O) groups excluding carboxylic acids is 1. The normalized spacial score (nSPS) is 18.1. The van der Waals surface area contributed by atoms with Crippen LogP contribution in [0, 0.1) is 6.92 Å². The molecule has 4 heteroatoms. The highest BCUT2D eigenvalue weighted by Gasteiger charge is 2.39. The lowest BCUT2D eigenvalue weighted by molar-refractivity contribution is -0.0668. The number of nitrogens with zero attached hydrogens (tertiary/aromatic N) is 1. The monoisotopic (exact) mass is 220 g/mol. The number of likely N-dealkylation sites (tertiary alicyclic amines) is 1. The molecule has 0 spiro atoms. The number of rotatable bonds is 1. The Morgan fingerprint density at radius 1 is 1.44 bits per heavy atom. The summed E-state index contributed by atoms with van der Waals surface area (Å²) in [6, 6.07) is 5.30. The lowest BCUT2D eigenvalue weighted by Gasteiger charge is -2.44. The summed E-state index contributed by atoms with van der Waals surface area (Å²) < 4.78 is 0. The van der Waals surface area contributed by atoms with E-state index in [-0.39, 0.29) is 5.91 Å². The molecule has 3 N–H and O–H groups in total. The molecular formula is C12H16N2O2. The van der Waals surface area contributed by atoms with Gasteiger partial charge in [-0.05, 0) is 37.6 Å². The predicted molar refractivity (Wildman–Crippen MR) is 62.1 cm³/mol. The van der Waals surface area contributed by atoms with Crippen molar-refractivity contribution in [3.05, 3.63) is 29.3 Å². The van der Waals surface area contributed by atoms with Crippen molar-refractivity contribution in [1.82, 2.24) is 4.90 Å². The maximum Gasteiger partial charge on any atom is 0.254 e. The Labute approximate surface area is 94.7 Å². The molecule has 1 aliphatic heterocycles. The van der Waals surface area contributed by atoms with Crippen LogP contribution in [0.15, 0.2) is 18.2 Å². The standard InChI is InChI=1S/C12H16N2O2/c1-8-3-9(5-10(13)4-8)11(15)14-6-12(2,16)7-14/h3-5,16H,6-7,13H2,1-2H3. The molecule has 1 aromatic rings. The van der Waals surface area contributed by atoms with Crippen LogP contribution in [-0.4, -0.2) is 34.6 Å². The predicted octanol–water partition coefficient (Wildman–Crippen LogP) is 0.784. The number of nitrogen functional groups attached to an aromatic ring is 1. The molecule has 0 aliphatic carbocycles. The van der Waals surface area contributed by atoms with E-state index in [1.54, 1.807) is 17.9 Å². The Morgan fingerprint density at radius 3 is 2.56 bits per heavy atom. The largest absolute Gasteiger partial charge is 0.399 e. The van der Waals surface area contributed by atoms with E-state index in [0.29, 0.717) is 24.3 Å². The third kappa shape index (κ3) is 2.02. The van der Waals surface area contributed by atoms with Gasteiger partial charge < -0.3 is 15.7 Å². The van der Waals surface area contributed by atoms with Crippen LogP contribution in [0.3, 0.4) is 0 Å². The van der Waals surface area contributed by atoms with E-state index >= 15 is 0 Å². The molecule has 1 amide bonds. The quantitative estimate of drug-likeness (QED) is 0.687. The van der Waals surface area contributed by atoms with E-state index in [1.807, 2.05) is 19.1 Å². The van der Waals surface area contributed by atoms with E-state index in [9.17, 15) is 9.90 Å². The van der Waals surface area contributed by atoms with E-state index in [4.69, 9.17) is 5.73 Å². The highest BCUT2D eigenvalue weighted by Crippen LogP contribution is 2.23. The molecule has 16 heavy (non-hydrogen) atoms. The van der Waals surface area contributed by atoms with E-state index in [1.165, 1.54) is 0 Å². The molecule has 4 nitrogen and oxygen atoms in total. The lowest BCUT2D eigenvalue weighted by Crippen LogP contribution is -2.61. The number of aryl methyl sites for hydroxylation is 1. The Kier molecular flexibility index (Phi) is 2.39. The maximum atomic E-state index is 12.0. The Hall–Kier alpha value is -1.55. The Morgan fingerprint density at radius 2 is 2.06 bits per heavy atom. The van der Waals surface area contributed by atoms with Crippen LogP contribution < -0.4 is 5.73 Å². The summed E-state index contributed by atoms with van der Waals surface area (Å²) in [7, 11) is 0. The molecule has 0 aromatic heterocycles. The first-order valence-electron chi connectivity index (χ1n) is 5.26. The van der Waals surface area contributed by atoms with Gasteiger partial charge in [-0.3, -0.25) is 4.79 Å². The van der Waals surface area contributed by atoms with Crippen molar-refractivity contribution < 1.29 is 9.90 Å². The lowest BCUT2D eigenvalue weighted by atomic mass is 9.95. The third-order valence-corrected chi connectivity index (χ3v) is 2.70. The van der Waals surface area contributed by atoms with Gasteiger partial charge in [-0.25, -0.2) is 0 Å². The van der Waals surface area contributed by atoms with Gasteiger partial charge in [0.25, 0.3) is 5.91 Å². The number of carbonyl (C=O) groups is 1. The van der Waals surface area contributed by atoms with Crippen molar-refractivity contribution in [3.8, 4) is 0 Å². The fourth-order valence-corrected chi connectivity index (χ4v) is 2.04. The molecule has 0 saturated carbocycles. The number of β-amino-alcohol motifs (C(OH)–C–C–N with tert-alkyl or cyclic N) is 1. The van der Waals surface area contributed by atoms with Crippen molar-refractivity contribution in [2.75, 3.05) is 18.8 Å². The van der Waals surface area contributed by atoms with Gasteiger partial charge in [0.15, 0.2) is 0 Å². The van der Waals surface area contributed by atoms with Gasteiger partial charge in [0.05, 0.1) is 18.7 Å². The molecule has 0 atom stereocenters. The first-order chi connectivity index (χ1) is 7.37. The second-order valence-corrected chi connectivity index (χ2v) is 4.79. The summed E-state index contributed by atoms with van der Waals surface area (Å²) in [6.45, 7) is 4.40. The number of hydrogen-bond acceptors (Lipinski definition) is 3. The first kappa shape index (κ1) is 11.0. The van der Waals surface area contributed by atoms with Gasteiger partial charge >= 0.3 is 0 Å². The molecule has 1 heterocycles. The molecule has 2 rings (SSSR count). The zero-order valence-electron chi connectivity index (χ0n) is 9.53. The molecule has 1 aromatic carbocycles. The summed E-state index contributed by atoms with van der Waals surface area (Å²) in [4.78, 5) is 13.6. The number of benzene rings is 1. The fraction of sp³-hybridized carbons (Fsp3) is 0.417. The molecule has 1 aliphatic rings. The Bertz CT molecular complexity index is 412. The van der Waals surface area contributed by atoms with Crippen molar-refractivity contribution >= 4 is 11.6 Å². The number of amides is 1. The average molecular weight is 220 g/mol. The molecule has 0 radical (unpaired) electrons. The maximum absolute atomic E-state index is 12.0. The van der Waals surface area contributed by atoms with E-state index in [2.05, 4.69) is 0 Å². The van der Waals surface area contributed by atoms with Crippen LogP contribution in [0.25, 0.3) is 0 Å². The SMILES string of the molecule is Cc1cc(N)cc(C(=O)N2CC(C)(O)C2)c1. The second kappa shape index (κ2) is 3.49. The number of nitrogens with two attached hydrogens (primary N) is 1. The van der Waals surface area contributed by atoms with Gasteiger partial charge in [0.1, 0.15) is 0 Å². The molecule has 0 unspecified atom stereocenters. The van der Waals surface area contributed by atoms with Crippen LogP contribution in [0.1, 0.15) is 22.8 Å². The van der Waals surface area contributed by atoms with Gasteiger partial charge in [0.2, 0.25) is 0 Å². The minimum atomic E-state index is -0.731. The van der Waals surface area contributed by atoms with Crippen LogP contribution in [0.4, 0.5) is 5.69 Å². The Balaban J connectivity index is 2.16. The van der Waals surface area contributed by atoms with Crippen LogP contribution in [0.2, 0.25) is 0 Å². The van der Waals surface area contributed by atoms with Gasteiger partial charge in [0, 0.05) is 11.3 Å². The van der Waals surface area contributed by atoms with Crippen molar-refractivity contribution in [2.45, 2.75) is 19.4 Å². The number of hydrogen-bond donors (Lipinski definition) is 2. The molecule has 1 fully saturated rings. The summed E-state index contributed by atoms with van der Waals surface area (Å²) >= 11 is 0. The summed E-state index contributed by atoms with van der Waals surface area (Å²) in [5.41, 5.74) is 7.11. The highest BCUT2D eigenvalue weighted by atomic mass is 16.3. The van der Waals surface area contributed by atoms with Crippen molar-refractivity contribution in [1.29, 1.82) is 0 Å². The third-order valence-electron chi connectivity index (χ3n) is 2.70. The molecular weight excluding hydrogens is 204 g/mol. The summed E-state index contributed by atoms with van der Waals surface area (Å²) in [5, 5.41) is 9.57. The van der Waals surface area contributed by atoms with Crippen molar-refractivity contribution in [3.63, 3.8) is 0 Å². The summed E-state index contributed by atoms with van der Waals surface area (Å²) in [5.74, 6) is -0.0677. The van der Waals surface area contributed by atoms with Gasteiger partial charge in [-0.2, -0.15) is 0 Å². The van der Waals surface area contributed by atoms with Crippen LogP contribution in [-0.2, 0) is 0 Å². The zero-order valence-corrected chi connectivity index (χ0v) is 9.53. The minimum Gasteiger partial charge on any atom is -0.399 e. The molecule has 1 saturated heterocycles. The van der Waals surface area contributed by atoms with Gasteiger partial charge in [-0.1, -0.05) is 0 Å². The van der Waals surface area contributed by atoms with Crippen LogP contribution >= 0.6 is 0 Å². The highest BCUT2D eigenvalue weighted by molar-refractivity contribution is 5.96. The van der Waals surface area contributed by atoms with Gasteiger partial charge in [-0.15, -0.1) is 0 Å². The smallest absolute Gasteiger partial charge is 0.254 e. The minimum absolute atomic E-state index is 0.0677. The van der Waals surface area contributed by atoms with Crippen molar-refractivity contribution in [2.24, 2.45) is 0 Å². The number of aliphatic hydroxyl groups is 1. The fourth-order valence-electron chi connectivity index (χ4n) is 2.04. The summed E-state index contributed by atoms with van der Waals surface area (Å²) in [6.07, 6.45) is 0. The average Bonchev–Trinajstić information content (AvgIpc) is 2.11. The van der Waals surface area contributed by atoms with E-state index in [0.717, 1.165) is 5.56 Å². The molecule has 86 valence electrons. The molecule has 0 bridgehead atoms. The van der Waals surface area contributed by atoms with Crippen LogP contribution in [0.5, 0.6) is 0 Å². The first-order valence-corrected chi connectivity index (χ1v) is 5.26. The number of anilines is 1. The van der Waals surface area contributed by atoms with E-state index < -0.39 is 5.60 Å². The zero-order chi connectivity index (χ0) is 11.9. The topological polar surface area (TPSA) is 66.6 Å². The second-order valence-electron chi connectivity index (χ2n) is 4.79.